The molecule has 0 bridgehead atoms. The Kier molecular flexibility index (Phi) is 10.3. The van der Waals surface area contributed by atoms with E-state index in [0.29, 0.717) is 6.42 Å². The van der Waals surface area contributed by atoms with Crippen molar-refractivity contribution in [2.24, 2.45) is 11.7 Å². The maximum atomic E-state index is 10.7. The zero-order valence-corrected chi connectivity index (χ0v) is 11.8. The molecule has 0 aliphatic rings. The van der Waals surface area contributed by atoms with E-state index in [2.05, 4.69) is 0 Å². The Morgan fingerprint density at radius 1 is 1.22 bits per heavy atom. The van der Waals surface area contributed by atoms with Crippen LogP contribution in [0.2, 0.25) is 0 Å². The lowest BCUT2D eigenvalue weighted by Gasteiger charge is -2.06. The number of carboxylic acids is 2. The molecule has 18 heavy (non-hydrogen) atoms. The Bertz CT molecular complexity index is 303. The average Bonchev–Trinajstić information content (AvgIpc) is 2.24. The summed E-state index contributed by atoms with van der Waals surface area (Å²) >= 11 is 14.4. The van der Waals surface area contributed by atoms with Crippen LogP contribution >= 0.6 is 34.8 Å². The summed E-state index contributed by atoms with van der Waals surface area (Å²) in [7, 11) is 0. The minimum absolute atomic E-state index is 0.0579. The van der Waals surface area contributed by atoms with Crippen LogP contribution in [-0.4, -0.2) is 38.3 Å². The van der Waals surface area contributed by atoms with Gasteiger partial charge in [0.15, 0.2) is 0 Å². The second-order valence-corrected chi connectivity index (χ2v) is 5.47. The van der Waals surface area contributed by atoms with E-state index < -0.39 is 21.6 Å². The van der Waals surface area contributed by atoms with Crippen LogP contribution in [-0.2, 0) is 14.4 Å². The van der Waals surface area contributed by atoms with Gasteiger partial charge in [-0.15, -0.1) is 0 Å². The molecule has 0 radical (unpaired) electrons. The van der Waals surface area contributed by atoms with Crippen molar-refractivity contribution in [3.05, 3.63) is 0 Å². The van der Waals surface area contributed by atoms with Crippen LogP contribution in [0.15, 0.2) is 0 Å². The van der Waals surface area contributed by atoms with Crippen molar-refractivity contribution in [1.82, 2.24) is 0 Å². The van der Waals surface area contributed by atoms with Gasteiger partial charge in [0.1, 0.15) is 5.78 Å². The Balaban J connectivity index is 0. The number of rotatable bonds is 5. The Hall–Kier alpha value is -0.560. The highest BCUT2D eigenvalue weighted by molar-refractivity contribution is 6.75. The zero-order valence-electron chi connectivity index (χ0n) is 9.53. The smallest absolute Gasteiger partial charge is 0.356 e. The molecule has 0 rings (SSSR count). The first-order valence-corrected chi connectivity index (χ1v) is 5.94. The standard InChI is InChI=1S/C7H13NO3.C2HCl3O2/c1-2-5(7(10)11)3-6(9)4-8;3-2(4,5)1(6)7/h5H,2-4,8H2,1H3,(H,10,11);(H,6,7). The normalized spacial score (nSPS) is 12.1. The van der Waals surface area contributed by atoms with E-state index in [1.165, 1.54) is 0 Å². The molecule has 106 valence electrons. The molecular formula is C9H14Cl3NO5. The zero-order chi connectivity index (χ0) is 14.9. The first kappa shape index (κ1) is 19.8. The maximum absolute atomic E-state index is 10.7. The Labute approximate surface area is 119 Å². The summed E-state index contributed by atoms with van der Waals surface area (Å²) < 4.78 is -2.17. The van der Waals surface area contributed by atoms with E-state index in [1.54, 1.807) is 6.92 Å². The molecule has 1 atom stereocenters. The van der Waals surface area contributed by atoms with Gasteiger partial charge in [-0.1, -0.05) is 41.7 Å². The van der Waals surface area contributed by atoms with Gasteiger partial charge in [-0.2, -0.15) is 0 Å². The number of carbonyl (C=O) groups excluding carboxylic acids is 1. The lowest BCUT2D eigenvalue weighted by molar-refractivity contribution is -0.143. The van der Waals surface area contributed by atoms with Crippen LogP contribution in [0.1, 0.15) is 19.8 Å². The number of halogens is 3. The summed E-state index contributed by atoms with van der Waals surface area (Å²) in [5.74, 6) is -3.14. The molecule has 0 saturated carbocycles. The molecule has 0 aromatic rings. The van der Waals surface area contributed by atoms with Gasteiger partial charge < -0.3 is 15.9 Å². The highest BCUT2D eigenvalue weighted by atomic mass is 35.6. The second kappa shape index (κ2) is 9.38. The van der Waals surface area contributed by atoms with Crippen LogP contribution in [0.5, 0.6) is 0 Å². The molecule has 0 spiro atoms. The van der Waals surface area contributed by atoms with Crippen LogP contribution in [0, 0.1) is 5.92 Å². The number of ketones is 1. The summed E-state index contributed by atoms with van der Waals surface area (Å²) in [6.45, 7) is 1.67. The van der Waals surface area contributed by atoms with Crippen molar-refractivity contribution in [2.45, 2.75) is 23.6 Å². The van der Waals surface area contributed by atoms with Gasteiger partial charge in [0, 0.05) is 6.42 Å². The van der Waals surface area contributed by atoms with E-state index in [-0.39, 0.29) is 18.7 Å². The van der Waals surface area contributed by atoms with E-state index in [1.807, 2.05) is 0 Å². The number of Topliss-reactive ketones (excluding diaryl/α,β-unsaturated/α-hetero) is 1. The van der Waals surface area contributed by atoms with Crippen LogP contribution < -0.4 is 5.73 Å². The molecule has 0 aromatic carbocycles. The number of aliphatic carboxylic acids is 2. The summed E-state index contributed by atoms with van der Waals surface area (Å²) in [6, 6.07) is 0. The quantitative estimate of drug-likeness (QED) is 0.659. The van der Waals surface area contributed by atoms with E-state index in [4.69, 9.17) is 50.7 Å². The molecule has 0 aliphatic heterocycles. The van der Waals surface area contributed by atoms with Gasteiger partial charge in [0.2, 0.25) is 0 Å². The predicted octanol–water partition coefficient (Wildman–Crippen LogP) is 1.46. The number of carboxylic acid groups (broad SMARTS) is 2. The molecule has 1 unspecified atom stereocenters. The third-order valence-corrected chi connectivity index (χ3v) is 2.27. The van der Waals surface area contributed by atoms with Crippen LogP contribution in [0.25, 0.3) is 0 Å². The highest BCUT2D eigenvalue weighted by Crippen LogP contribution is 2.25. The SMILES string of the molecule is CCC(CC(=O)CN)C(=O)O.O=C(O)C(Cl)(Cl)Cl. The van der Waals surface area contributed by atoms with Gasteiger partial charge in [0.25, 0.3) is 3.79 Å². The summed E-state index contributed by atoms with van der Waals surface area (Å²) in [5, 5.41) is 16.4. The highest BCUT2D eigenvalue weighted by Gasteiger charge is 2.29. The molecule has 0 aliphatic carbocycles. The first-order chi connectivity index (χ1) is 8.06. The number of alkyl halides is 3. The fourth-order valence-electron chi connectivity index (χ4n) is 0.764. The number of hydrogen-bond acceptors (Lipinski definition) is 4. The van der Waals surface area contributed by atoms with Gasteiger partial charge in [-0.05, 0) is 6.42 Å². The van der Waals surface area contributed by atoms with Crippen molar-refractivity contribution >= 4 is 52.5 Å². The molecule has 0 aromatic heterocycles. The van der Waals surface area contributed by atoms with Gasteiger partial charge in [-0.25, -0.2) is 4.79 Å². The lowest BCUT2D eigenvalue weighted by Crippen LogP contribution is -2.21. The minimum Gasteiger partial charge on any atom is -0.481 e. The lowest BCUT2D eigenvalue weighted by atomic mass is 10.0. The summed E-state index contributed by atoms with van der Waals surface area (Å²) in [5.41, 5.74) is 5.03. The molecule has 9 heteroatoms. The van der Waals surface area contributed by atoms with Crippen molar-refractivity contribution in [3.63, 3.8) is 0 Å². The minimum atomic E-state index is -2.17. The van der Waals surface area contributed by atoms with Crippen LogP contribution in [0.3, 0.4) is 0 Å². The first-order valence-electron chi connectivity index (χ1n) is 4.80. The van der Waals surface area contributed by atoms with Gasteiger partial charge in [0.05, 0.1) is 12.5 Å². The molecule has 0 amide bonds. The monoisotopic (exact) mass is 321 g/mol. The molecule has 0 fully saturated rings. The predicted molar refractivity (Wildman–Crippen MR) is 68.0 cm³/mol. The Morgan fingerprint density at radius 2 is 1.61 bits per heavy atom. The van der Waals surface area contributed by atoms with E-state index in [0.717, 1.165) is 0 Å². The third-order valence-electron chi connectivity index (χ3n) is 1.79. The summed E-state index contributed by atoms with van der Waals surface area (Å²) in [6.07, 6.45) is 0.531. The van der Waals surface area contributed by atoms with Crippen molar-refractivity contribution in [1.29, 1.82) is 0 Å². The van der Waals surface area contributed by atoms with Crippen molar-refractivity contribution in [3.8, 4) is 0 Å². The fourth-order valence-corrected chi connectivity index (χ4v) is 0.764. The van der Waals surface area contributed by atoms with Gasteiger partial charge >= 0.3 is 11.9 Å². The molecule has 6 nitrogen and oxygen atoms in total. The van der Waals surface area contributed by atoms with E-state index >= 15 is 0 Å². The summed E-state index contributed by atoms with van der Waals surface area (Å²) in [4.78, 5) is 30.7. The largest absolute Gasteiger partial charge is 0.481 e. The maximum Gasteiger partial charge on any atom is 0.356 e. The molecule has 0 heterocycles. The number of nitrogens with two attached hydrogens (primary N) is 1. The van der Waals surface area contributed by atoms with Gasteiger partial charge in [-0.3, -0.25) is 9.59 Å². The fraction of sp³-hybridized carbons (Fsp3) is 0.667. The Morgan fingerprint density at radius 3 is 1.78 bits per heavy atom. The van der Waals surface area contributed by atoms with Crippen molar-refractivity contribution in [2.75, 3.05) is 6.54 Å². The topological polar surface area (TPSA) is 118 Å². The van der Waals surface area contributed by atoms with Crippen LogP contribution in [0.4, 0.5) is 0 Å². The number of hydrogen-bond donors (Lipinski definition) is 3. The number of carbonyl (C=O) groups is 3. The molecule has 4 N–H and O–H groups in total. The molecule has 0 saturated heterocycles. The van der Waals surface area contributed by atoms with Crippen molar-refractivity contribution < 1.29 is 24.6 Å². The molecular weight excluding hydrogens is 308 g/mol. The second-order valence-electron chi connectivity index (χ2n) is 3.19. The van der Waals surface area contributed by atoms with E-state index in [9.17, 15) is 14.4 Å². The average molecular weight is 323 g/mol. The third kappa shape index (κ3) is 10.6.